The molecule has 4 aromatic rings. The van der Waals surface area contributed by atoms with E-state index in [1.54, 1.807) is 42.5 Å². The molecule has 2 aromatic heterocycles. The van der Waals surface area contributed by atoms with Crippen LogP contribution in [0.5, 0.6) is 0 Å². The van der Waals surface area contributed by atoms with E-state index in [1.807, 2.05) is 0 Å². The molecule has 2 N–H and O–H groups in total. The molecule has 0 spiro atoms. The smallest absolute Gasteiger partial charge is 0.250 e. The summed E-state index contributed by atoms with van der Waals surface area (Å²) in [5, 5.41) is 7.26. The second-order valence-electron chi connectivity index (χ2n) is 8.01. The molecule has 10 heteroatoms. The van der Waals surface area contributed by atoms with Crippen LogP contribution in [0.25, 0.3) is 11.3 Å². The Morgan fingerprint density at radius 2 is 1.63 bits per heavy atom. The molecule has 1 aliphatic heterocycles. The van der Waals surface area contributed by atoms with E-state index < -0.39 is 0 Å². The third kappa shape index (κ3) is 5.60. The van der Waals surface area contributed by atoms with Crippen molar-refractivity contribution in [1.29, 1.82) is 0 Å². The Hall–Kier alpha value is -4.34. The van der Waals surface area contributed by atoms with Gasteiger partial charge in [0.2, 0.25) is 17.8 Å². The Labute approximate surface area is 200 Å². The third-order valence-corrected chi connectivity index (χ3v) is 5.49. The largest absolute Gasteiger partial charge is 0.455 e. The van der Waals surface area contributed by atoms with E-state index in [2.05, 4.69) is 35.7 Å². The number of furan rings is 1. The zero-order valence-corrected chi connectivity index (χ0v) is 18.8. The summed E-state index contributed by atoms with van der Waals surface area (Å²) in [4.78, 5) is 15.5. The van der Waals surface area contributed by atoms with Gasteiger partial charge in [0.05, 0.1) is 11.8 Å². The van der Waals surface area contributed by atoms with Crippen LogP contribution in [-0.2, 0) is 0 Å². The summed E-state index contributed by atoms with van der Waals surface area (Å²) in [5.74, 6) is 1.23. The van der Waals surface area contributed by atoms with Gasteiger partial charge in [-0.15, -0.1) is 0 Å². The van der Waals surface area contributed by atoms with Crippen molar-refractivity contribution < 1.29 is 13.2 Å². The van der Waals surface area contributed by atoms with Gasteiger partial charge in [-0.1, -0.05) is 12.1 Å². The topological polar surface area (TPSA) is 91.5 Å². The molecule has 35 heavy (non-hydrogen) atoms. The van der Waals surface area contributed by atoms with Crippen LogP contribution in [0.4, 0.5) is 32.3 Å². The third-order valence-electron chi connectivity index (χ3n) is 5.49. The van der Waals surface area contributed by atoms with E-state index in [4.69, 9.17) is 4.42 Å². The lowest BCUT2D eigenvalue weighted by atomic mass is 10.1. The zero-order chi connectivity index (χ0) is 24.0. The molecule has 178 valence electrons. The molecule has 0 atom stereocenters. The molecule has 0 aliphatic carbocycles. The van der Waals surface area contributed by atoms with Crippen molar-refractivity contribution in [3.63, 3.8) is 0 Å². The van der Waals surface area contributed by atoms with Gasteiger partial charge in [0.15, 0.2) is 0 Å². The molecule has 8 nitrogen and oxygen atoms in total. The number of aromatic nitrogens is 3. The minimum absolute atomic E-state index is 0.238. The number of anilines is 4. The summed E-state index contributed by atoms with van der Waals surface area (Å²) in [7, 11) is 0. The van der Waals surface area contributed by atoms with Gasteiger partial charge in [0.1, 0.15) is 23.2 Å². The maximum Gasteiger partial charge on any atom is 0.250 e. The number of hydrazone groups is 1. The van der Waals surface area contributed by atoms with Crippen LogP contribution in [0, 0.1) is 11.6 Å². The van der Waals surface area contributed by atoms with E-state index in [9.17, 15) is 8.78 Å². The van der Waals surface area contributed by atoms with Crippen molar-refractivity contribution in [2.24, 2.45) is 5.10 Å². The highest BCUT2D eigenvalue weighted by Gasteiger charge is 2.16. The van der Waals surface area contributed by atoms with E-state index in [0.29, 0.717) is 34.7 Å². The molecule has 1 aliphatic rings. The second-order valence-corrected chi connectivity index (χ2v) is 8.01. The van der Waals surface area contributed by atoms with Gasteiger partial charge in [-0.3, -0.25) is 0 Å². The lowest BCUT2D eigenvalue weighted by molar-refractivity contribution is 0.563. The average Bonchev–Trinajstić information content (AvgIpc) is 3.35. The normalized spacial score (nSPS) is 13.8. The maximum absolute atomic E-state index is 14.0. The number of nitrogens with zero attached hydrogens (tertiary/aromatic N) is 5. The molecule has 3 heterocycles. The van der Waals surface area contributed by atoms with Gasteiger partial charge >= 0.3 is 0 Å². The first-order valence-corrected chi connectivity index (χ1v) is 11.3. The Balaban J connectivity index is 1.34. The highest BCUT2D eigenvalue weighted by molar-refractivity contribution is 5.78. The standard InChI is InChI=1S/C25H23F2N7O/c26-17-8-10-18(11-9-17)29-23-30-24(32-25(31-23)34-14-4-1-5-15-34)33-28-16-19-12-13-22(35-19)20-6-2-3-7-21(20)27/h2-3,6-13,16H,1,4-5,14-15H2,(H2,29,30,31,32,33)/b28-16+. The molecular formula is C25H23F2N7O. The first kappa shape index (κ1) is 22.5. The number of benzene rings is 2. The van der Waals surface area contributed by atoms with Crippen LogP contribution in [0.15, 0.2) is 70.2 Å². The monoisotopic (exact) mass is 475 g/mol. The summed E-state index contributed by atoms with van der Waals surface area (Å²) in [5.41, 5.74) is 3.84. The molecule has 1 fully saturated rings. The van der Waals surface area contributed by atoms with Crippen molar-refractivity contribution in [2.75, 3.05) is 28.7 Å². The highest BCUT2D eigenvalue weighted by Crippen LogP contribution is 2.24. The summed E-state index contributed by atoms with van der Waals surface area (Å²) in [6.45, 7) is 1.71. The zero-order valence-electron chi connectivity index (χ0n) is 18.8. The van der Waals surface area contributed by atoms with E-state index in [0.717, 1.165) is 25.9 Å². The predicted octanol–water partition coefficient (Wildman–Crippen LogP) is 5.59. The number of hydrogen-bond acceptors (Lipinski definition) is 8. The van der Waals surface area contributed by atoms with Gasteiger partial charge in [-0.2, -0.15) is 20.1 Å². The molecule has 2 aromatic carbocycles. The van der Waals surface area contributed by atoms with Crippen LogP contribution in [0.1, 0.15) is 25.0 Å². The van der Waals surface area contributed by atoms with E-state index in [-0.39, 0.29) is 17.6 Å². The predicted molar refractivity (Wildman–Crippen MR) is 131 cm³/mol. The van der Waals surface area contributed by atoms with Crippen LogP contribution in [0.2, 0.25) is 0 Å². The fourth-order valence-electron chi connectivity index (χ4n) is 3.75. The average molecular weight is 476 g/mol. The second kappa shape index (κ2) is 10.3. The van der Waals surface area contributed by atoms with Crippen LogP contribution >= 0.6 is 0 Å². The van der Waals surface area contributed by atoms with Gasteiger partial charge in [-0.25, -0.2) is 14.2 Å². The molecule has 0 radical (unpaired) electrons. The number of hydrogen-bond donors (Lipinski definition) is 2. The van der Waals surface area contributed by atoms with Crippen molar-refractivity contribution in [3.05, 3.63) is 78.1 Å². The first-order valence-electron chi connectivity index (χ1n) is 11.3. The first-order chi connectivity index (χ1) is 17.1. The van der Waals surface area contributed by atoms with E-state index in [1.165, 1.54) is 30.8 Å². The fraction of sp³-hybridized carbons (Fsp3) is 0.200. The Kier molecular flexibility index (Phi) is 6.60. The SMILES string of the molecule is Fc1ccc(Nc2nc(N/N=C/c3ccc(-c4ccccc4F)o3)nc(N3CCCCC3)n2)cc1. The van der Waals surface area contributed by atoms with Crippen molar-refractivity contribution in [1.82, 2.24) is 15.0 Å². The van der Waals surface area contributed by atoms with Crippen molar-refractivity contribution >= 4 is 29.7 Å². The molecule has 1 saturated heterocycles. The Bertz CT molecular complexity index is 1320. The molecule has 0 amide bonds. The fourth-order valence-corrected chi connectivity index (χ4v) is 3.75. The van der Waals surface area contributed by atoms with Gasteiger partial charge in [-0.05, 0) is 67.8 Å². The maximum atomic E-state index is 14.0. The Morgan fingerprint density at radius 3 is 2.43 bits per heavy atom. The Morgan fingerprint density at radius 1 is 0.857 bits per heavy atom. The highest BCUT2D eigenvalue weighted by atomic mass is 19.1. The van der Waals surface area contributed by atoms with Gasteiger partial charge < -0.3 is 14.6 Å². The number of halogens is 2. The van der Waals surface area contributed by atoms with E-state index >= 15 is 0 Å². The number of piperidine rings is 1. The molecule has 0 unspecified atom stereocenters. The quantitative estimate of drug-likeness (QED) is 0.266. The summed E-state index contributed by atoms with van der Waals surface area (Å²) in [6.07, 6.45) is 4.77. The number of nitrogens with one attached hydrogen (secondary N) is 2. The summed E-state index contributed by atoms with van der Waals surface area (Å²) >= 11 is 0. The van der Waals surface area contributed by atoms with Crippen molar-refractivity contribution in [2.45, 2.75) is 19.3 Å². The molecule has 0 bridgehead atoms. The summed E-state index contributed by atoms with van der Waals surface area (Å²) < 4.78 is 33.0. The lowest BCUT2D eigenvalue weighted by Crippen LogP contribution is -2.31. The molecule has 5 rings (SSSR count). The van der Waals surface area contributed by atoms with Gasteiger partial charge in [0.25, 0.3) is 0 Å². The van der Waals surface area contributed by atoms with Crippen LogP contribution in [0.3, 0.4) is 0 Å². The minimum Gasteiger partial charge on any atom is -0.455 e. The van der Waals surface area contributed by atoms with Crippen LogP contribution in [-0.4, -0.2) is 34.3 Å². The number of rotatable bonds is 7. The summed E-state index contributed by atoms with van der Waals surface area (Å²) in [6, 6.07) is 15.7. The van der Waals surface area contributed by atoms with Gasteiger partial charge in [0, 0.05) is 18.8 Å². The van der Waals surface area contributed by atoms with Crippen molar-refractivity contribution in [3.8, 4) is 11.3 Å². The van der Waals surface area contributed by atoms with Crippen LogP contribution < -0.4 is 15.6 Å². The molecule has 0 saturated carbocycles. The minimum atomic E-state index is -0.361. The molecular weight excluding hydrogens is 452 g/mol. The lowest BCUT2D eigenvalue weighted by Gasteiger charge is -2.26.